The summed E-state index contributed by atoms with van der Waals surface area (Å²) in [5, 5.41) is 11.1. The summed E-state index contributed by atoms with van der Waals surface area (Å²) in [6, 6.07) is 4.22. The highest BCUT2D eigenvalue weighted by atomic mass is 35.5. The van der Waals surface area contributed by atoms with E-state index in [-0.39, 0.29) is 0 Å². The van der Waals surface area contributed by atoms with Crippen LogP contribution in [-0.4, -0.2) is 22.0 Å². The zero-order valence-electron chi connectivity index (χ0n) is 8.61. The molecule has 1 aromatic heterocycles. The van der Waals surface area contributed by atoms with Gasteiger partial charge in [0.1, 0.15) is 5.82 Å². The molecular weight excluding hydrogens is 231 g/mol. The minimum Gasteiger partial charge on any atom is -0.314 e. The molecule has 0 aliphatic heterocycles. The third kappa shape index (κ3) is 2.37. The number of nitrogens with zero attached hydrogens (tertiary/aromatic N) is 3. The van der Waals surface area contributed by atoms with E-state index in [1.807, 2.05) is 7.05 Å². The van der Waals surface area contributed by atoms with Crippen molar-refractivity contribution in [2.24, 2.45) is 0 Å². The minimum absolute atomic E-state index is 0.334. The van der Waals surface area contributed by atoms with Crippen molar-refractivity contribution in [3.63, 3.8) is 0 Å². The summed E-state index contributed by atoms with van der Waals surface area (Å²) in [5.41, 5.74) is 1.34. The predicted octanol–water partition coefficient (Wildman–Crippen LogP) is 1.78. The predicted molar refractivity (Wildman–Crippen MR) is 59.1 cm³/mol. The van der Waals surface area contributed by atoms with Gasteiger partial charge in [0, 0.05) is 11.6 Å². The molecule has 0 aliphatic rings. The van der Waals surface area contributed by atoms with E-state index in [4.69, 9.17) is 11.6 Å². The van der Waals surface area contributed by atoms with Crippen LogP contribution in [0.1, 0.15) is 5.69 Å². The first-order valence-corrected chi connectivity index (χ1v) is 5.09. The summed E-state index contributed by atoms with van der Waals surface area (Å²) in [4.78, 5) is 0. The molecule has 6 heteroatoms. The van der Waals surface area contributed by atoms with Crippen LogP contribution in [0.5, 0.6) is 0 Å². The second-order valence-corrected chi connectivity index (χ2v) is 3.75. The van der Waals surface area contributed by atoms with E-state index < -0.39 is 5.82 Å². The van der Waals surface area contributed by atoms with E-state index in [0.29, 0.717) is 17.3 Å². The van der Waals surface area contributed by atoms with Crippen LogP contribution in [0.4, 0.5) is 4.39 Å². The van der Waals surface area contributed by atoms with Gasteiger partial charge < -0.3 is 5.32 Å². The molecule has 0 radical (unpaired) electrons. The van der Waals surface area contributed by atoms with Gasteiger partial charge in [0.15, 0.2) is 0 Å². The van der Waals surface area contributed by atoms with E-state index in [9.17, 15) is 4.39 Å². The minimum atomic E-state index is -0.395. The fraction of sp³-hybridized carbons (Fsp3) is 0.200. The summed E-state index contributed by atoms with van der Waals surface area (Å²) in [7, 11) is 1.82. The van der Waals surface area contributed by atoms with Gasteiger partial charge in [-0.05, 0) is 25.2 Å². The van der Waals surface area contributed by atoms with Gasteiger partial charge in [-0.2, -0.15) is 0 Å². The molecule has 0 aliphatic carbocycles. The van der Waals surface area contributed by atoms with Crippen LogP contribution >= 0.6 is 11.6 Å². The molecule has 1 aromatic carbocycles. The monoisotopic (exact) mass is 240 g/mol. The van der Waals surface area contributed by atoms with E-state index in [0.717, 1.165) is 5.69 Å². The molecule has 1 N–H and O–H groups in total. The van der Waals surface area contributed by atoms with Gasteiger partial charge in [0.05, 0.1) is 17.6 Å². The van der Waals surface area contributed by atoms with Crippen LogP contribution in [0.3, 0.4) is 0 Å². The van der Waals surface area contributed by atoms with Crippen LogP contribution in [-0.2, 0) is 6.54 Å². The first-order chi connectivity index (χ1) is 7.69. The molecule has 0 spiro atoms. The Morgan fingerprint density at radius 1 is 1.44 bits per heavy atom. The van der Waals surface area contributed by atoms with Crippen molar-refractivity contribution in [3.8, 4) is 5.69 Å². The van der Waals surface area contributed by atoms with Crippen LogP contribution < -0.4 is 5.32 Å². The first kappa shape index (κ1) is 11.0. The van der Waals surface area contributed by atoms with Crippen molar-refractivity contribution in [3.05, 3.63) is 40.9 Å². The van der Waals surface area contributed by atoms with Crippen molar-refractivity contribution >= 4 is 11.6 Å². The maximum atomic E-state index is 13.1. The Bertz CT molecular complexity index is 477. The van der Waals surface area contributed by atoms with Gasteiger partial charge in [-0.3, -0.25) is 0 Å². The summed E-state index contributed by atoms with van der Waals surface area (Å²) in [6.07, 6.45) is 1.72. The molecule has 0 bridgehead atoms. The van der Waals surface area contributed by atoms with Crippen molar-refractivity contribution in [1.82, 2.24) is 20.3 Å². The summed E-state index contributed by atoms with van der Waals surface area (Å²) >= 11 is 5.75. The SMILES string of the molecule is CNCc1cn(-c2cc(F)cc(Cl)c2)nn1. The lowest BCUT2D eigenvalue weighted by molar-refractivity contribution is 0.625. The highest BCUT2D eigenvalue weighted by Crippen LogP contribution is 2.16. The molecule has 16 heavy (non-hydrogen) atoms. The van der Waals surface area contributed by atoms with Crippen molar-refractivity contribution < 1.29 is 4.39 Å². The molecule has 4 nitrogen and oxygen atoms in total. The van der Waals surface area contributed by atoms with Crippen LogP contribution in [0.25, 0.3) is 5.69 Å². The van der Waals surface area contributed by atoms with Gasteiger partial charge in [0.25, 0.3) is 0 Å². The molecule has 0 saturated heterocycles. The summed E-state index contributed by atoms with van der Waals surface area (Å²) in [5.74, 6) is -0.395. The topological polar surface area (TPSA) is 42.7 Å². The van der Waals surface area contributed by atoms with Crippen LogP contribution in [0, 0.1) is 5.82 Å². The lowest BCUT2D eigenvalue weighted by Crippen LogP contribution is -2.04. The normalized spacial score (nSPS) is 10.7. The first-order valence-electron chi connectivity index (χ1n) is 4.71. The molecule has 2 aromatic rings. The molecular formula is C10H10ClFN4. The number of nitrogens with one attached hydrogen (secondary N) is 1. The van der Waals surface area contributed by atoms with E-state index in [2.05, 4.69) is 15.6 Å². The van der Waals surface area contributed by atoms with E-state index in [1.165, 1.54) is 16.8 Å². The summed E-state index contributed by atoms with van der Waals surface area (Å²) in [6.45, 7) is 0.614. The average Bonchev–Trinajstić information content (AvgIpc) is 2.65. The number of aromatic nitrogens is 3. The van der Waals surface area contributed by atoms with Gasteiger partial charge in [0.2, 0.25) is 0 Å². The maximum Gasteiger partial charge on any atom is 0.126 e. The lowest BCUT2D eigenvalue weighted by atomic mass is 10.3. The van der Waals surface area contributed by atoms with Gasteiger partial charge in [-0.15, -0.1) is 5.10 Å². The van der Waals surface area contributed by atoms with E-state index in [1.54, 1.807) is 12.3 Å². The Labute approximate surface area is 97.0 Å². The van der Waals surface area contributed by atoms with Gasteiger partial charge in [-0.1, -0.05) is 16.8 Å². The Morgan fingerprint density at radius 3 is 2.94 bits per heavy atom. The van der Waals surface area contributed by atoms with Crippen molar-refractivity contribution in [1.29, 1.82) is 0 Å². The number of benzene rings is 1. The zero-order valence-corrected chi connectivity index (χ0v) is 9.37. The Hall–Kier alpha value is -1.46. The Kier molecular flexibility index (Phi) is 3.17. The third-order valence-corrected chi connectivity index (χ3v) is 2.23. The zero-order chi connectivity index (χ0) is 11.5. The molecule has 0 fully saturated rings. The smallest absolute Gasteiger partial charge is 0.126 e. The largest absolute Gasteiger partial charge is 0.314 e. The highest BCUT2D eigenvalue weighted by Gasteiger charge is 2.04. The van der Waals surface area contributed by atoms with Crippen molar-refractivity contribution in [2.75, 3.05) is 7.05 Å². The quantitative estimate of drug-likeness (QED) is 0.889. The van der Waals surface area contributed by atoms with Crippen LogP contribution in [0.2, 0.25) is 5.02 Å². The number of hydrogen-bond acceptors (Lipinski definition) is 3. The maximum absolute atomic E-state index is 13.1. The number of rotatable bonds is 3. The number of hydrogen-bond donors (Lipinski definition) is 1. The second kappa shape index (κ2) is 4.59. The van der Waals surface area contributed by atoms with Crippen LogP contribution in [0.15, 0.2) is 24.4 Å². The summed E-state index contributed by atoms with van der Waals surface area (Å²) < 4.78 is 14.6. The van der Waals surface area contributed by atoms with Crippen molar-refractivity contribution in [2.45, 2.75) is 6.54 Å². The molecule has 0 saturated carbocycles. The van der Waals surface area contributed by atoms with Gasteiger partial charge >= 0.3 is 0 Å². The molecule has 0 unspecified atom stereocenters. The van der Waals surface area contributed by atoms with Gasteiger partial charge in [-0.25, -0.2) is 9.07 Å². The molecule has 84 valence electrons. The fourth-order valence-electron chi connectivity index (χ4n) is 1.36. The Balaban J connectivity index is 2.34. The Morgan fingerprint density at radius 2 is 2.25 bits per heavy atom. The highest BCUT2D eigenvalue weighted by molar-refractivity contribution is 6.30. The fourth-order valence-corrected chi connectivity index (χ4v) is 1.57. The second-order valence-electron chi connectivity index (χ2n) is 3.31. The third-order valence-electron chi connectivity index (χ3n) is 2.01. The standard InChI is InChI=1S/C10H10ClFN4/c1-13-5-9-6-16(15-14-9)10-3-7(11)2-8(12)4-10/h2-4,6,13H,5H2,1H3. The molecule has 1 heterocycles. The molecule has 0 atom stereocenters. The lowest BCUT2D eigenvalue weighted by Gasteiger charge is -2.00. The number of halogens is 2. The molecule has 2 rings (SSSR count). The molecule has 0 amide bonds. The van der Waals surface area contributed by atoms with E-state index >= 15 is 0 Å². The average molecular weight is 241 g/mol.